The minimum atomic E-state index is -0.596. The Labute approximate surface area is 116 Å². The molecule has 0 saturated heterocycles. The van der Waals surface area contributed by atoms with Crippen LogP contribution in [0.1, 0.15) is 25.8 Å². The van der Waals surface area contributed by atoms with Crippen molar-refractivity contribution in [2.24, 2.45) is 0 Å². The molecule has 0 atom stereocenters. The summed E-state index contributed by atoms with van der Waals surface area (Å²) in [4.78, 5) is 25.2. The lowest BCUT2D eigenvalue weighted by atomic mass is 9.95. The van der Waals surface area contributed by atoms with Gasteiger partial charge in [0.15, 0.2) is 0 Å². The van der Waals surface area contributed by atoms with Gasteiger partial charge in [-0.1, -0.05) is 30.3 Å². The minimum Gasteiger partial charge on any atom is -0.494 e. The highest BCUT2D eigenvalue weighted by molar-refractivity contribution is 5.16. The summed E-state index contributed by atoms with van der Waals surface area (Å²) in [6, 6.07) is 10.9. The van der Waals surface area contributed by atoms with Gasteiger partial charge in [-0.25, -0.2) is 4.79 Å². The average Bonchev–Trinajstić information content (AvgIpc) is 2.36. The Hall–Kier alpha value is -2.30. The van der Waals surface area contributed by atoms with Gasteiger partial charge >= 0.3 is 5.69 Å². The molecule has 106 valence electrons. The van der Waals surface area contributed by atoms with Crippen LogP contribution in [0.15, 0.2) is 46.0 Å². The molecule has 0 bridgehead atoms. The quantitative estimate of drug-likeness (QED) is 0.889. The van der Waals surface area contributed by atoms with Crippen LogP contribution in [0.2, 0.25) is 0 Å². The fraction of sp³-hybridized carbons (Fsp3) is 0.333. The number of aryl methyl sites for hydroxylation is 1. The molecule has 2 aromatic rings. The summed E-state index contributed by atoms with van der Waals surface area (Å²) in [5, 5.41) is 9.85. The summed E-state index contributed by atoms with van der Waals surface area (Å²) in [7, 11) is 0. The van der Waals surface area contributed by atoms with Gasteiger partial charge in [0.1, 0.15) is 0 Å². The largest absolute Gasteiger partial charge is 0.494 e. The summed E-state index contributed by atoms with van der Waals surface area (Å²) >= 11 is 0. The summed E-state index contributed by atoms with van der Waals surface area (Å²) in [6.07, 6.45) is 1.44. The highest BCUT2D eigenvalue weighted by Crippen LogP contribution is 2.24. The number of aromatic amines is 1. The van der Waals surface area contributed by atoms with E-state index in [4.69, 9.17) is 0 Å². The molecule has 0 radical (unpaired) electrons. The Bertz CT molecular complexity index is 699. The van der Waals surface area contributed by atoms with Crippen LogP contribution < -0.4 is 11.2 Å². The van der Waals surface area contributed by atoms with E-state index in [0.717, 1.165) is 18.1 Å². The molecule has 5 heteroatoms. The van der Waals surface area contributed by atoms with Crippen LogP contribution in [0.25, 0.3) is 0 Å². The Balaban J connectivity index is 2.27. The van der Waals surface area contributed by atoms with Crippen LogP contribution in [-0.4, -0.2) is 14.7 Å². The minimum absolute atomic E-state index is 0.309. The SMILES string of the molecule is CC(C)(CCc1ccccc1)n1c(O)cc(=O)[nH]c1=O. The Morgan fingerprint density at radius 2 is 1.85 bits per heavy atom. The van der Waals surface area contributed by atoms with E-state index in [2.05, 4.69) is 4.98 Å². The van der Waals surface area contributed by atoms with E-state index in [1.165, 1.54) is 4.57 Å². The van der Waals surface area contributed by atoms with Crippen molar-refractivity contribution in [2.45, 2.75) is 32.2 Å². The molecular formula is C15H18N2O3. The molecule has 0 spiro atoms. The van der Waals surface area contributed by atoms with Gasteiger partial charge in [0.05, 0.1) is 6.07 Å². The number of aromatic nitrogens is 2. The number of aromatic hydroxyl groups is 1. The lowest BCUT2D eigenvalue weighted by molar-refractivity contribution is 0.267. The lowest BCUT2D eigenvalue weighted by Crippen LogP contribution is -2.40. The van der Waals surface area contributed by atoms with Crippen LogP contribution in [-0.2, 0) is 12.0 Å². The molecule has 0 saturated carbocycles. The molecule has 2 N–H and O–H groups in total. The van der Waals surface area contributed by atoms with Crippen LogP contribution in [0, 0.1) is 0 Å². The van der Waals surface area contributed by atoms with Crippen LogP contribution in [0.5, 0.6) is 5.88 Å². The first kappa shape index (κ1) is 14.1. The van der Waals surface area contributed by atoms with Crippen LogP contribution in [0.4, 0.5) is 0 Å². The smallest absolute Gasteiger partial charge is 0.331 e. The molecule has 0 aliphatic heterocycles. The maximum absolute atomic E-state index is 11.9. The molecule has 0 aliphatic carbocycles. The van der Waals surface area contributed by atoms with Gasteiger partial charge < -0.3 is 5.11 Å². The van der Waals surface area contributed by atoms with Crippen molar-refractivity contribution >= 4 is 0 Å². The topological polar surface area (TPSA) is 75.1 Å². The first-order valence-corrected chi connectivity index (χ1v) is 6.50. The number of hydrogen-bond donors (Lipinski definition) is 2. The Morgan fingerprint density at radius 3 is 2.45 bits per heavy atom. The van der Waals surface area contributed by atoms with E-state index >= 15 is 0 Å². The summed E-state index contributed by atoms with van der Waals surface area (Å²) in [6.45, 7) is 3.71. The third kappa shape index (κ3) is 2.99. The van der Waals surface area contributed by atoms with Gasteiger partial charge in [-0.15, -0.1) is 0 Å². The molecule has 20 heavy (non-hydrogen) atoms. The standard InChI is InChI=1S/C15H18N2O3/c1-15(2,9-8-11-6-4-3-5-7-11)17-13(19)10-12(18)16-14(17)20/h3-7,10,19H,8-9H2,1-2H3,(H,16,18,20). The van der Waals surface area contributed by atoms with Crippen molar-refractivity contribution in [1.82, 2.24) is 9.55 Å². The first-order chi connectivity index (χ1) is 9.40. The molecule has 1 aromatic heterocycles. The predicted molar refractivity (Wildman–Crippen MR) is 77.1 cm³/mol. The van der Waals surface area contributed by atoms with Crippen molar-refractivity contribution in [2.75, 3.05) is 0 Å². The maximum Gasteiger partial charge on any atom is 0.331 e. The molecule has 0 amide bonds. The molecular weight excluding hydrogens is 256 g/mol. The second kappa shape index (κ2) is 5.36. The summed E-state index contributed by atoms with van der Waals surface area (Å²) < 4.78 is 1.22. The fourth-order valence-electron chi connectivity index (χ4n) is 2.27. The fourth-order valence-corrected chi connectivity index (χ4v) is 2.27. The van der Waals surface area contributed by atoms with Crippen molar-refractivity contribution in [3.63, 3.8) is 0 Å². The zero-order chi connectivity index (χ0) is 14.8. The number of hydrogen-bond acceptors (Lipinski definition) is 3. The number of nitrogens with one attached hydrogen (secondary N) is 1. The van der Waals surface area contributed by atoms with Gasteiger partial charge in [-0.2, -0.15) is 0 Å². The van der Waals surface area contributed by atoms with Gasteiger partial charge in [0.2, 0.25) is 5.88 Å². The van der Waals surface area contributed by atoms with Crippen molar-refractivity contribution in [1.29, 1.82) is 0 Å². The van der Waals surface area contributed by atoms with E-state index in [1.54, 1.807) is 0 Å². The van der Waals surface area contributed by atoms with E-state index < -0.39 is 16.8 Å². The van der Waals surface area contributed by atoms with Gasteiger partial charge in [0, 0.05) is 5.54 Å². The van der Waals surface area contributed by atoms with Crippen LogP contribution in [0.3, 0.4) is 0 Å². The predicted octanol–water partition coefficient (Wildman–Crippen LogP) is 1.61. The number of benzene rings is 1. The van der Waals surface area contributed by atoms with E-state index in [-0.39, 0.29) is 5.88 Å². The Morgan fingerprint density at radius 1 is 1.20 bits per heavy atom. The normalized spacial score (nSPS) is 11.5. The van der Waals surface area contributed by atoms with Crippen LogP contribution >= 0.6 is 0 Å². The highest BCUT2D eigenvalue weighted by Gasteiger charge is 2.24. The number of nitrogens with zero attached hydrogens (tertiary/aromatic N) is 1. The highest BCUT2D eigenvalue weighted by atomic mass is 16.3. The summed E-state index contributed by atoms with van der Waals surface area (Å²) in [5.41, 5.74) is -0.616. The van der Waals surface area contributed by atoms with Crippen molar-refractivity contribution < 1.29 is 5.11 Å². The molecule has 0 unspecified atom stereocenters. The monoisotopic (exact) mass is 274 g/mol. The second-order valence-electron chi connectivity index (χ2n) is 5.43. The third-order valence-corrected chi connectivity index (χ3v) is 3.40. The molecule has 1 heterocycles. The van der Waals surface area contributed by atoms with Gasteiger partial charge in [-0.3, -0.25) is 14.3 Å². The van der Waals surface area contributed by atoms with E-state index in [1.807, 2.05) is 44.2 Å². The lowest BCUT2D eigenvalue weighted by Gasteiger charge is -2.28. The van der Waals surface area contributed by atoms with Gasteiger partial charge in [-0.05, 0) is 32.3 Å². The number of H-pyrrole nitrogens is 1. The molecule has 2 rings (SSSR count). The Kier molecular flexibility index (Phi) is 3.79. The average molecular weight is 274 g/mol. The molecule has 0 fully saturated rings. The van der Waals surface area contributed by atoms with E-state index in [0.29, 0.717) is 6.42 Å². The molecule has 0 aliphatic rings. The maximum atomic E-state index is 11.9. The molecule has 1 aromatic carbocycles. The van der Waals surface area contributed by atoms with E-state index in [9.17, 15) is 14.7 Å². The second-order valence-corrected chi connectivity index (χ2v) is 5.43. The first-order valence-electron chi connectivity index (χ1n) is 6.50. The third-order valence-electron chi connectivity index (χ3n) is 3.40. The number of rotatable bonds is 4. The van der Waals surface area contributed by atoms with Crippen molar-refractivity contribution in [3.05, 3.63) is 62.8 Å². The molecule has 5 nitrogen and oxygen atoms in total. The zero-order valence-corrected chi connectivity index (χ0v) is 11.6. The van der Waals surface area contributed by atoms with Crippen molar-refractivity contribution in [3.8, 4) is 5.88 Å². The summed E-state index contributed by atoms with van der Waals surface area (Å²) in [5.74, 6) is -0.309. The zero-order valence-electron chi connectivity index (χ0n) is 11.6. The van der Waals surface area contributed by atoms with Gasteiger partial charge in [0.25, 0.3) is 5.56 Å².